The number of carbonyl (C=O) groups is 2. The van der Waals surface area contributed by atoms with Crippen LogP contribution < -0.4 is 16.4 Å². The zero-order chi connectivity index (χ0) is 15.6. The highest BCUT2D eigenvalue weighted by Crippen LogP contribution is 2.42. The van der Waals surface area contributed by atoms with E-state index >= 15 is 0 Å². The molecule has 0 bridgehead atoms. The highest BCUT2D eigenvalue weighted by atomic mass is 16.1. The van der Waals surface area contributed by atoms with Crippen molar-refractivity contribution in [2.75, 3.05) is 16.4 Å². The Balaban J connectivity index is 2.01. The lowest BCUT2D eigenvalue weighted by atomic mass is 9.82. The minimum Gasteiger partial charge on any atom is -0.398 e. The minimum absolute atomic E-state index is 0.166. The summed E-state index contributed by atoms with van der Waals surface area (Å²) in [6.07, 6.45) is 0. The van der Waals surface area contributed by atoms with Gasteiger partial charge in [-0.25, -0.2) is 0 Å². The third-order valence-corrected chi connectivity index (χ3v) is 4.13. The zero-order valence-corrected chi connectivity index (χ0v) is 12.3. The molecule has 0 saturated carbocycles. The molecule has 0 saturated heterocycles. The van der Waals surface area contributed by atoms with Crippen LogP contribution in [0.2, 0.25) is 0 Å². The topological polar surface area (TPSA) is 84.2 Å². The number of hydrogen-bond donors (Lipinski definition) is 3. The van der Waals surface area contributed by atoms with Crippen LogP contribution in [0.4, 0.5) is 17.1 Å². The molecule has 0 unspecified atom stereocenters. The molecule has 110 valence electrons. The summed E-state index contributed by atoms with van der Waals surface area (Å²) in [5, 5.41) is 6.58. The van der Waals surface area contributed by atoms with Crippen LogP contribution in [0.5, 0.6) is 0 Å². The van der Waals surface area contributed by atoms with Gasteiger partial charge < -0.3 is 16.4 Å². The van der Waals surface area contributed by atoms with E-state index in [0.717, 1.165) is 5.69 Å². The van der Waals surface area contributed by atoms with E-state index in [1.54, 1.807) is 24.3 Å². The van der Waals surface area contributed by atoms with Crippen molar-refractivity contribution in [3.05, 3.63) is 52.6 Å². The van der Waals surface area contributed by atoms with Gasteiger partial charge in [0.2, 0.25) is 0 Å². The lowest BCUT2D eigenvalue weighted by Gasteiger charge is -2.22. The lowest BCUT2D eigenvalue weighted by Crippen LogP contribution is -2.34. The van der Waals surface area contributed by atoms with E-state index in [4.69, 9.17) is 5.73 Å². The van der Waals surface area contributed by atoms with Crippen LogP contribution in [0.15, 0.2) is 30.3 Å². The third kappa shape index (κ3) is 1.53. The number of rotatable bonds is 0. The molecule has 4 N–H and O–H groups in total. The summed E-state index contributed by atoms with van der Waals surface area (Å²) in [5.74, 6) is -0.363. The average molecular weight is 293 g/mol. The Kier molecular flexibility index (Phi) is 2.27. The van der Waals surface area contributed by atoms with E-state index in [1.807, 2.05) is 19.9 Å². The molecule has 0 aromatic heterocycles. The number of anilines is 3. The molecule has 5 nitrogen and oxygen atoms in total. The molecule has 0 spiro atoms. The molecular formula is C17H15N3O2. The van der Waals surface area contributed by atoms with Crippen LogP contribution in [-0.4, -0.2) is 17.2 Å². The predicted molar refractivity (Wildman–Crippen MR) is 85.5 cm³/mol. The molecule has 0 radical (unpaired) electrons. The predicted octanol–water partition coefficient (Wildman–Crippen LogP) is 2.62. The third-order valence-electron chi connectivity index (χ3n) is 4.13. The minimum atomic E-state index is -0.364. The Morgan fingerprint density at radius 2 is 1.59 bits per heavy atom. The fraction of sp³-hybridized carbons (Fsp3) is 0.176. The summed E-state index contributed by atoms with van der Waals surface area (Å²) >= 11 is 0. The number of benzene rings is 2. The monoisotopic (exact) mass is 293 g/mol. The number of ketones is 2. The van der Waals surface area contributed by atoms with Gasteiger partial charge in [0.25, 0.3) is 0 Å². The largest absolute Gasteiger partial charge is 0.398 e. The summed E-state index contributed by atoms with van der Waals surface area (Å²) in [4.78, 5) is 25.7. The highest BCUT2D eigenvalue weighted by Gasteiger charge is 2.38. The fourth-order valence-corrected chi connectivity index (χ4v) is 3.22. The van der Waals surface area contributed by atoms with Crippen LogP contribution >= 0.6 is 0 Å². The van der Waals surface area contributed by atoms with Crippen molar-refractivity contribution in [1.29, 1.82) is 0 Å². The van der Waals surface area contributed by atoms with E-state index in [0.29, 0.717) is 33.6 Å². The molecule has 0 amide bonds. The van der Waals surface area contributed by atoms with Gasteiger partial charge in [-0.2, -0.15) is 0 Å². The molecule has 1 aliphatic carbocycles. The Morgan fingerprint density at radius 3 is 2.36 bits per heavy atom. The van der Waals surface area contributed by atoms with E-state index in [-0.39, 0.29) is 17.2 Å². The first-order valence-corrected chi connectivity index (χ1v) is 7.10. The number of nitrogens with one attached hydrogen (secondary N) is 2. The Bertz CT molecular complexity index is 868. The second-order valence-corrected chi connectivity index (χ2v) is 6.21. The average Bonchev–Trinajstić information content (AvgIpc) is 2.77. The second-order valence-electron chi connectivity index (χ2n) is 6.21. The zero-order valence-electron chi connectivity index (χ0n) is 12.3. The maximum Gasteiger partial charge on any atom is 0.196 e. The van der Waals surface area contributed by atoms with Gasteiger partial charge in [-0.15, -0.1) is 0 Å². The molecule has 1 heterocycles. The molecule has 2 aromatic carbocycles. The number of nitrogen functional groups attached to an aromatic ring is 1. The van der Waals surface area contributed by atoms with Gasteiger partial charge in [0, 0.05) is 16.8 Å². The van der Waals surface area contributed by atoms with E-state index < -0.39 is 0 Å². The molecule has 2 aliphatic rings. The van der Waals surface area contributed by atoms with Crippen molar-refractivity contribution in [2.45, 2.75) is 19.5 Å². The summed E-state index contributed by atoms with van der Waals surface area (Å²) in [6.45, 7) is 3.95. The van der Waals surface area contributed by atoms with Crippen molar-refractivity contribution in [1.82, 2.24) is 0 Å². The SMILES string of the molecule is CC1(C)Nc2ccc3c(c2N1)C(=O)c1cccc(N)c1C3=O. The Morgan fingerprint density at radius 1 is 0.909 bits per heavy atom. The first kappa shape index (κ1) is 12.9. The summed E-state index contributed by atoms with van der Waals surface area (Å²) in [7, 11) is 0. The van der Waals surface area contributed by atoms with Gasteiger partial charge in [-0.3, -0.25) is 9.59 Å². The normalized spacial score (nSPS) is 17.2. The Hall–Kier alpha value is -2.82. The van der Waals surface area contributed by atoms with Crippen LogP contribution in [0.3, 0.4) is 0 Å². The van der Waals surface area contributed by atoms with E-state index in [1.165, 1.54) is 0 Å². The first-order valence-electron chi connectivity index (χ1n) is 7.10. The highest BCUT2D eigenvalue weighted by molar-refractivity contribution is 6.32. The molecule has 0 fully saturated rings. The van der Waals surface area contributed by atoms with Gasteiger partial charge >= 0.3 is 0 Å². The molecule has 2 aromatic rings. The van der Waals surface area contributed by atoms with E-state index in [9.17, 15) is 9.59 Å². The molecule has 1 aliphatic heterocycles. The maximum atomic E-state index is 12.9. The Labute approximate surface area is 127 Å². The smallest absolute Gasteiger partial charge is 0.196 e. The standard InChI is InChI=1S/C17H15N3O2/c1-17(2)19-11-7-6-9-13(14(11)20-17)16(22)8-4-3-5-10(18)12(8)15(9)21/h3-7,19-20H,18H2,1-2H3. The van der Waals surface area contributed by atoms with Crippen molar-refractivity contribution in [3.8, 4) is 0 Å². The molecule has 22 heavy (non-hydrogen) atoms. The van der Waals surface area contributed by atoms with Crippen LogP contribution in [0.25, 0.3) is 0 Å². The van der Waals surface area contributed by atoms with Gasteiger partial charge in [-0.1, -0.05) is 12.1 Å². The van der Waals surface area contributed by atoms with Gasteiger partial charge in [-0.05, 0) is 32.0 Å². The van der Waals surface area contributed by atoms with Crippen molar-refractivity contribution in [2.24, 2.45) is 0 Å². The summed E-state index contributed by atoms with van der Waals surface area (Å²) < 4.78 is 0. The maximum absolute atomic E-state index is 12.9. The quantitative estimate of drug-likeness (QED) is 0.555. The van der Waals surface area contributed by atoms with Crippen molar-refractivity contribution in [3.63, 3.8) is 0 Å². The van der Waals surface area contributed by atoms with Crippen LogP contribution in [0, 0.1) is 0 Å². The van der Waals surface area contributed by atoms with Crippen LogP contribution in [0.1, 0.15) is 45.7 Å². The lowest BCUT2D eigenvalue weighted by molar-refractivity contribution is 0.0980. The van der Waals surface area contributed by atoms with Crippen molar-refractivity contribution >= 4 is 28.6 Å². The molecule has 5 heteroatoms. The fourth-order valence-electron chi connectivity index (χ4n) is 3.22. The second kappa shape index (κ2) is 3.88. The van der Waals surface area contributed by atoms with Crippen molar-refractivity contribution < 1.29 is 9.59 Å². The number of fused-ring (bicyclic) bond motifs is 4. The van der Waals surface area contributed by atoms with Gasteiger partial charge in [0.05, 0.1) is 22.5 Å². The molecular weight excluding hydrogens is 278 g/mol. The summed E-state index contributed by atoms with van der Waals surface area (Å²) in [6, 6.07) is 8.52. The molecule has 0 atom stereocenters. The molecule has 4 rings (SSSR count). The number of hydrogen-bond acceptors (Lipinski definition) is 5. The number of nitrogens with two attached hydrogens (primary N) is 1. The van der Waals surface area contributed by atoms with Crippen LogP contribution in [-0.2, 0) is 0 Å². The first-order chi connectivity index (χ1) is 10.4. The summed E-state index contributed by atoms with van der Waals surface area (Å²) in [5.41, 5.74) is 8.92. The van der Waals surface area contributed by atoms with Gasteiger partial charge in [0.15, 0.2) is 11.6 Å². The van der Waals surface area contributed by atoms with Gasteiger partial charge in [0.1, 0.15) is 5.66 Å². The van der Waals surface area contributed by atoms with E-state index in [2.05, 4.69) is 10.6 Å². The number of carbonyl (C=O) groups excluding carboxylic acids is 2.